The molecule has 0 spiro atoms. The molecule has 0 aliphatic heterocycles. The van der Waals surface area contributed by atoms with Crippen molar-refractivity contribution in [3.05, 3.63) is 12.3 Å². The first-order valence-electron chi connectivity index (χ1n) is 3.51. The van der Waals surface area contributed by atoms with E-state index >= 15 is 0 Å². The van der Waals surface area contributed by atoms with Gasteiger partial charge < -0.3 is 8.85 Å². The van der Waals surface area contributed by atoms with E-state index in [0.717, 1.165) is 13.0 Å². The minimum absolute atomic E-state index is 0.766. The van der Waals surface area contributed by atoms with Crippen molar-refractivity contribution in [1.82, 2.24) is 0 Å². The molecule has 0 aliphatic rings. The van der Waals surface area contributed by atoms with Crippen LogP contribution in [0.4, 0.5) is 0 Å². The van der Waals surface area contributed by atoms with E-state index in [1.165, 1.54) is 0 Å². The molecule has 0 saturated carbocycles. The Morgan fingerprint density at radius 3 is 2.50 bits per heavy atom. The Balaban J connectivity index is 3.68. The Labute approximate surface area is 64.1 Å². The van der Waals surface area contributed by atoms with E-state index in [4.69, 9.17) is 8.85 Å². The fraction of sp³-hybridized carbons (Fsp3) is 0.714. The fourth-order valence-corrected chi connectivity index (χ4v) is 1.52. The third kappa shape index (κ3) is 3.15. The Bertz CT molecular complexity index is 106. The van der Waals surface area contributed by atoms with E-state index in [-0.39, 0.29) is 0 Å². The standard InChI is InChI=1S/C7H16O2Si/c1-5-7-9-10(4,6-2)8-3/h6H,2,5,7H2,1,3-4H3. The second-order valence-corrected chi connectivity index (χ2v) is 5.41. The number of hydrogen-bond acceptors (Lipinski definition) is 2. The lowest BCUT2D eigenvalue weighted by atomic mass is 10.5. The van der Waals surface area contributed by atoms with Gasteiger partial charge in [-0.3, -0.25) is 0 Å². The van der Waals surface area contributed by atoms with Crippen LogP contribution < -0.4 is 0 Å². The summed E-state index contributed by atoms with van der Waals surface area (Å²) in [6, 6.07) is 0. The average Bonchev–Trinajstić information content (AvgIpc) is 2.00. The van der Waals surface area contributed by atoms with Gasteiger partial charge in [-0.05, 0) is 18.7 Å². The van der Waals surface area contributed by atoms with Crippen molar-refractivity contribution < 1.29 is 8.85 Å². The van der Waals surface area contributed by atoms with E-state index in [0.29, 0.717) is 0 Å². The van der Waals surface area contributed by atoms with Gasteiger partial charge in [0.2, 0.25) is 0 Å². The summed E-state index contributed by atoms with van der Waals surface area (Å²) in [5.41, 5.74) is 1.79. The van der Waals surface area contributed by atoms with E-state index in [2.05, 4.69) is 13.5 Å². The molecule has 0 heterocycles. The minimum atomic E-state index is -1.95. The van der Waals surface area contributed by atoms with Crippen molar-refractivity contribution >= 4 is 8.56 Å². The van der Waals surface area contributed by atoms with Crippen molar-refractivity contribution in [2.24, 2.45) is 0 Å². The van der Waals surface area contributed by atoms with Crippen LogP contribution in [0.1, 0.15) is 13.3 Å². The Hall–Kier alpha value is -0.123. The smallest absolute Gasteiger partial charge is 0.360 e. The van der Waals surface area contributed by atoms with Gasteiger partial charge in [-0.2, -0.15) is 0 Å². The number of hydrogen-bond donors (Lipinski definition) is 0. The molecule has 0 aliphatic carbocycles. The molecule has 0 amide bonds. The maximum absolute atomic E-state index is 5.48. The van der Waals surface area contributed by atoms with Crippen LogP contribution in [0.15, 0.2) is 12.3 Å². The molecule has 0 bridgehead atoms. The van der Waals surface area contributed by atoms with Crippen LogP contribution in [0.2, 0.25) is 6.55 Å². The quantitative estimate of drug-likeness (QED) is 0.571. The summed E-state index contributed by atoms with van der Waals surface area (Å²) in [7, 11) is -0.284. The first-order valence-corrected chi connectivity index (χ1v) is 5.90. The molecule has 0 N–H and O–H groups in total. The van der Waals surface area contributed by atoms with Crippen LogP contribution in [-0.2, 0) is 8.85 Å². The second kappa shape index (κ2) is 4.66. The van der Waals surface area contributed by atoms with Crippen molar-refractivity contribution in [2.75, 3.05) is 13.7 Å². The summed E-state index contributed by atoms with van der Waals surface area (Å²) in [5.74, 6) is 0. The van der Waals surface area contributed by atoms with Gasteiger partial charge in [0.25, 0.3) is 0 Å². The molecule has 0 rings (SSSR count). The molecule has 10 heavy (non-hydrogen) atoms. The molecule has 2 nitrogen and oxygen atoms in total. The third-order valence-corrected chi connectivity index (χ3v) is 3.70. The molecule has 60 valence electrons. The molecule has 0 aromatic carbocycles. The summed E-state index contributed by atoms with van der Waals surface area (Å²) >= 11 is 0. The van der Waals surface area contributed by atoms with Crippen LogP contribution >= 0.6 is 0 Å². The molecule has 1 atom stereocenters. The SMILES string of the molecule is C=C[Si](C)(OC)OCCC. The van der Waals surface area contributed by atoms with Crippen LogP contribution in [0, 0.1) is 0 Å². The summed E-state index contributed by atoms with van der Waals surface area (Å²) in [5, 5.41) is 0. The zero-order valence-corrected chi connectivity index (χ0v) is 8.02. The van der Waals surface area contributed by atoms with Gasteiger partial charge >= 0.3 is 8.56 Å². The fourth-order valence-electron chi connectivity index (χ4n) is 0.506. The van der Waals surface area contributed by atoms with Gasteiger partial charge in [0.1, 0.15) is 0 Å². The first-order chi connectivity index (χ1) is 4.68. The highest BCUT2D eigenvalue weighted by molar-refractivity contribution is 6.71. The van der Waals surface area contributed by atoms with Crippen LogP contribution in [0.3, 0.4) is 0 Å². The minimum Gasteiger partial charge on any atom is -0.395 e. The summed E-state index contributed by atoms with van der Waals surface area (Å²) in [6.07, 6.45) is 1.03. The predicted molar refractivity (Wildman–Crippen MR) is 45.1 cm³/mol. The molecule has 0 saturated heterocycles. The zero-order valence-electron chi connectivity index (χ0n) is 7.02. The van der Waals surface area contributed by atoms with Crippen LogP contribution in [-0.4, -0.2) is 22.3 Å². The maximum Gasteiger partial charge on any atom is 0.360 e. The lowest BCUT2D eigenvalue weighted by Crippen LogP contribution is -2.35. The Morgan fingerprint density at radius 2 is 2.20 bits per heavy atom. The molecular formula is C7H16O2Si. The lowest BCUT2D eigenvalue weighted by molar-refractivity contribution is 0.217. The normalized spacial score (nSPS) is 16.3. The van der Waals surface area contributed by atoms with Crippen molar-refractivity contribution in [3.63, 3.8) is 0 Å². The van der Waals surface area contributed by atoms with E-state index in [1.54, 1.807) is 12.8 Å². The monoisotopic (exact) mass is 160 g/mol. The topological polar surface area (TPSA) is 18.5 Å². The zero-order chi connectivity index (χ0) is 8.04. The second-order valence-electron chi connectivity index (χ2n) is 2.27. The van der Waals surface area contributed by atoms with Crippen LogP contribution in [0.5, 0.6) is 0 Å². The average molecular weight is 160 g/mol. The highest BCUT2D eigenvalue weighted by Gasteiger charge is 2.24. The van der Waals surface area contributed by atoms with E-state index in [9.17, 15) is 0 Å². The third-order valence-electron chi connectivity index (χ3n) is 1.37. The predicted octanol–water partition coefficient (Wildman–Crippen LogP) is 1.86. The maximum atomic E-state index is 5.48. The highest BCUT2D eigenvalue weighted by Crippen LogP contribution is 2.06. The lowest BCUT2D eigenvalue weighted by Gasteiger charge is -2.20. The van der Waals surface area contributed by atoms with Crippen molar-refractivity contribution in [2.45, 2.75) is 19.9 Å². The van der Waals surface area contributed by atoms with Crippen molar-refractivity contribution in [1.29, 1.82) is 0 Å². The van der Waals surface area contributed by atoms with Crippen molar-refractivity contribution in [3.8, 4) is 0 Å². The molecule has 0 fully saturated rings. The molecular weight excluding hydrogens is 144 g/mol. The van der Waals surface area contributed by atoms with Gasteiger partial charge in [0, 0.05) is 13.7 Å². The van der Waals surface area contributed by atoms with E-state index < -0.39 is 8.56 Å². The van der Waals surface area contributed by atoms with Gasteiger partial charge in [0.05, 0.1) is 0 Å². The Kier molecular flexibility index (Phi) is 4.60. The van der Waals surface area contributed by atoms with E-state index in [1.807, 2.05) is 6.55 Å². The molecule has 3 heteroatoms. The largest absolute Gasteiger partial charge is 0.395 e. The molecule has 0 radical (unpaired) electrons. The molecule has 1 unspecified atom stereocenters. The van der Waals surface area contributed by atoms with Gasteiger partial charge in [-0.15, -0.1) is 6.58 Å². The highest BCUT2D eigenvalue weighted by atomic mass is 28.4. The summed E-state index contributed by atoms with van der Waals surface area (Å²) < 4.78 is 10.7. The van der Waals surface area contributed by atoms with Gasteiger partial charge in [-0.25, -0.2) is 0 Å². The first kappa shape index (κ1) is 9.88. The summed E-state index contributed by atoms with van der Waals surface area (Å²) in [4.78, 5) is 0. The Morgan fingerprint density at radius 1 is 1.60 bits per heavy atom. The molecule has 0 aromatic rings. The summed E-state index contributed by atoms with van der Waals surface area (Å²) in [6.45, 7) is 8.49. The van der Waals surface area contributed by atoms with Gasteiger partial charge in [0.15, 0.2) is 0 Å². The van der Waals surface area contributed by atoms with Gasteiger partial charge in [-0.1, -0.05) is 6.92 Å². The van der Waals surface area contributed by atoms with Crippen LogP contribution in [0.25, 0.3) is 0 Å². The molecule has 0 aromatic heterocycles. The number of rotatable bonds is 5.